The average Bonchev–Trinajstić information content (AvgIpc) is 3.25. The first-order valence-electron chi connectivity index (χ1n) is 9.63. The number of benzene rings is 3. The van der Waals surface area contributed by atoms with E-state index in [1.807, 2.05) is 54.6 Å². The molecule has 3 aromatic carbocycles. The van der Waals surface area contributed by atoms with Gasteiger partial charge in [-0.1, -0.05) is 60.7 Å². The first kappa shape index (κ1) is 18.8. The van der Waals surface area contributed by atoms with Crippen molar-refractivity contribution in [1.82, 2.24) is 5.32 Å². The van der Waals surface area contributed by atoms with Gasteiger partial charge >= 0.3 is 0 Å². The molecule has 0 spiro atoms. The quantitative estimate of drug-likeness (QED) is 0.658. The summed E-state index contributed by atoms with van der Waals surface area (Å²) in [4.78, 5) is 17.4. The summed E-state index contributed by atoms with van der Waals surface area (Å²) < 4.78 is 13.3. The Morgan fingerprint density at radius 1 is 0.966 bits per heavy atom. The fourth-order valence-corrected chi connectivity index (χ4v) is 3.43. The lowest BCUT2D eigenvalue weighted by atomic mass is 10.00. The average molecular weight is 384 g/mol. The molecular weight excluding hydrogens is 363 g/mol. The predicted molar refractivity (Wildman–Crippen MR) is 115 cm³/mol. The number of carbonyl (C=O) groups excluding carboxylic acids is 1. The Morgan fingerprint density at radius 2 is 1.76 bits per heavy atom. The molecule has 29 heavy (non-hydrogen) atoms. The number of hydrogen-bond donors (Lipinski definition) is 1. The summed E-state index contributed by atoms with van der Waals surface area (Å²) >= 11 is 0. The SMILES string of the molecule is O=C(NCCc1cccc(F)c1)c1ccccc1C1=NCC(c2ccccc2)=C1. The van der Waals surface area contributed by atoms with Gasteiger partial charge in [-0.15, -0.1) is 0 Å². The highest BCUT2D eigenvalue weighted by Gasteiger charge is 2.17. The predicted octanol–water partition coefficient (Wildman–Crippen LogP) is 4.68. The molecule has 1 heterocycles. The van der Waals surface area contributed by atoms with Crippen LogP contribution >= 0.6 is 0 Å². The molecule has 4 rings (SSSR count). The summed E-state index contributed by atoms with van der Waals surface area (Å²) in [5, 5.41) is 2.94. The van der Waals surface area contributed by atoms with E-state index < -0.39 is 0 Å². The summed E-state index contributed by atoms with van der Waals surface area (Å²) in [7, 11) is 0. The van der Waals surface area contributed by atoms with Gasteiger partial charge in [-0.05, 0) is 47.4 Å². The molecule has 0 saturated carbocycles. The van der Waals surface area contributed by atoms with Gasteiger partial charge in [0.15, 0.2) is 0 Å². The molecule has 3 nitrogen and oxygen atoms in total. The largest absolute Gasteiger partial charge is 0.352 e. The second kappa shape index (κ2) is 8.65. The van der Waals surface area contributed by atoms with Crippen molar-refractivity contribution in [2.45, 2.75) is 6.42 Å². The standard InChI is InChI=1S/C25H21FN2O/c26-21-10-6-7-18(15-21)13-14-27-25(29)23-12-5-4-11-22(23)24-16-20(17-28-24)19-8-2-1-3-9-19/h1-12,15-16H,13-14,17H2,(H,27,29). The summed E-state index contributed by atoms with van der Waals surface area (Å²) in [6.45, 7) is 1.04. The maximum atomic E-state index is 13.3. The fraction of sp³-hybridized carbons (Fsp3) is 0.120. The number of hydrogen-bond acceptors (Lipinski definition) is 2. The van der Waals surface area contributed by atoms with E-state index in [4.69, 9.17) is 0 Å². The molecule has 1 amide bonds. The first-order chi connectivity index (χ1) is 14.2. The molecule has 0 bridgehead atoms. The Bertz CT molecular complexity index is 1090. The van der Waals surface area contributed by atoms with E-state index in [2.05, 4.69) is 22.4 Å². The van der Waals surface area contributed by atoms with Gasteiger partial charge < -0.3 is 5.32 Å². The van der Waals surface area contributed by atoms with Crippen molar-refractivity contribution in [2.24, 2.45) is 4.99 Å². The Labute approximate surface area is 169 Å². The minimum Gasteiger partial charge on any atom is -0.352 e. The number of aliphatic imine (C=N–C) groups is 1. The zero-order valence-electron chi connectivity index (χ0n) is 15.9. The normalized spacial score (nSPS) is 13.0. The summed E-state index contributed by atoms with van der Waals surface area (Å²) in [5.41, 5.74) is 5.37. The van der Waals surface area contributed by atoms with Crippen LogP contribution in [0.25, 0.3) is 5.57 Å². The van der Waals surface area contributed by atoms with Crippen LogP contribution in [0.15, 0.2) is 89.9 Å². The van der Waals surface area contributed by atoms with E-state index in [0.717, 1.165) is 28.0 Å². The molecule has 0 radical (unpaired) electrons. The van der Waals surface area contributed by atoms with Crippen molar-refractivity contribution in [3.8, 4) is 0 Å². The molecule has 0 saturated heterocycles. The maximum absolute atomic E-state index is 13.3. The second-order valence-electron chi connectivity index (χ2n) is 6.92. The topological polar surface area (TPSA) is 41.5 Å². The Hall–Kier alpha value is -3.53. The van der Waals surface area contributed by atoms with Crippen LogP contribution in [0.2, 0.25) is 0 Å². The third-order valence-corrected chi connectivity index (χ3v) is 4.91. The summed E-state index contributed by atoms with van der Waals surface area (Å²) in [6, 6.07) is 24.1. The van der Waals surface area contributed by atoms with Gasteiger partial charge in [-0.25, -0.2) is 4.39 Å². The molecule has 0 aromatic heterocycles. The van der Waals surface area contributed by atoms with Crippen molar-refractivity contribution in [3.05, 3.63) is 113 Å². The lowest BCUT2D eigenvalue weighted by Gasteiger charge is -2.10. The third kappa shape index (κ3) is 4.49. The monoisotopic (exact) mass is 384 g/mol. The van der Waals surface area contributed by atoms with Crippen LogP contribution in [0.3, 0.4) is 0 Å². The van der Waals surface area contributed by atoms with E-state index >= 15 is 0 Å². The van der Waals surface area contributed by atoms with Gasteiger partial charge in [0.05, 0.1) is 12.3 Å². The Kier molecular flexibility index (Phi) is 5.61. The molecule has 4 heteroatoms. The molecule has 1 N–H and O–H groups in total. The zero-order chi connectivity index (χ0) is 20.1. The second-order valence-corrected chi connectivity index (χ2v) is 6.92. The lowest BCUT2D eigenvalue weighted by Crippen LogP contribution is -2.27. The van der Waals surface area contributed by atoms with Gasteiger partial charge in [0.2, 0.25) is 0 Å². The zero-order valence-corrected chi connectivity index (χ0v) is 15.9. The number of halogens is 1. The van der Waals surface area contributed by atoms with Crippen molar-refractivity contribution < 1.29 is 9.18 Å². The van der Waals surface area contributed by atoms with Crippen LogP contribution in [0, 0.1) is 5.82 Å². The molecule has 1 aliphatic rings. The van der Waals surface area contributed by atoms with Crippen LogP contribution in [0.1, 0.15) is 27.0 Å². The lowest BCUT2D eigenvalue weighted by molar-refractivity contribution is 0.0954. The smallest absolute Gasteiger partial charge is 0.251 e. The highest BCUT2D eigenvalue weighted by Crippen LogP contribution is 2.23. The van der Waals surface area contributed by atoms with E-state index in [1.54, 1.807) is 6.07 Å². The Balaban J connectivity index is 1.47. The minimum absolute atomic E-state index is 0.152. The number of allylic oxidation sites excluding steroid dienone is 1. The van der Waals surface area contributed by atoms with Gasteiger partial charge in [0, 0.05) is 17.7 Å². The van der Waals surface area contributed by atoms with E-state index in [1.165, 1.54) is 12.1 Å². The van der Waals surface area contributed by atoms with Gasteiger partial charge in [-0.3, -0.25) is 9.79 Å². The van der Waals surface area contributed by atoms with Gasteiger partial charge in [-0.2, -0.15) is 0 Å². The molecule has 144 valence electrons. The first-order valence-corrected chi connectivity index (χ1v) is 9.63. The number of nitrogens with zero attached hydrogens (tertiary/aromatic N) is 1. The number of amides is 1. The van der Waals surface area contributed by atoms with Crippen molar-refractivity contribution in [1.29, 1.82) is 0 Å². The molecule has 0 unspecified atom stereocenters. The van der Waals surface area contributed by atoms with E-state index in [-0.39, 0.29) is 11.7 Å². The molecule has 0 atom stereocenters. The Morgan fingerprint density at radius 3 is 2.59 bits per heavy atom. The number of rotatable bonds is 6. The summed E-state index contributed by atoms with van der Waals surface area (Å²) in [6.07, 6.45) is 2.62. The molecule has 1 aliphatic heterocycles. The summed E-state index contributed by atoms with van der Waals surface area (Å²) in [5.74, 6) is -0.416. The molecule has 0 aliphatic carbocycles. The number of carbonyl (C=O) groups is 1. The van der Waals surface area contributed by atoms with Gasteiger partial charge in [0.1, 0.15) is 5.82 Å². The highest BCUT2D eigenvalue weighted by atomic mass is 19.1. The molecular formula is C25H21FN2O. The fourth-order valence-electron chi connectivity index (χ4n) is 3.43. The van der Waals surface area contributed by atoms with Crippen LogP contribution in [0.4, 0.5) is 4.39 Å². The van der Waals surface area contributed by atoms with Gasteiger partial charge in [0.25, 0.3) is 5.91 Å². The van der Waals surface area contributed by atoms with E-state index in [0.29, 0.717) is 25.1 Å². The van der Waals surface area contributed by atoms with Crippen molar-refractivity contribution in [2.75, 3.05) is 13.1 Å². The van der Waals surface area contributed by atoms with Crippen molar-refractivity contribution >= 4 is 17.2 Å². The maximum Gasteiger partial charge on any atom is 0.251 e. The number of nitrogens with one attached hydrogen (secondary N) is 1. The minimum atomic E-state index is -0.264. The highest BCUT2D eigenvalue weighted by molar-refractivity contribution is 6.19. The van der Waals surface area contributed by atoms with Crippen LogP contribution < -0.4 is 5.32 Å². The van der Waals surface area contributed by atoms with E-state index in [9.17, 15) is 9.18 Å². The van der Waals surface area contributed by atoms with Crippen LogP contribution in [0.5, 0.6) is 0 Å². The van der Waals surface area contributed by atoms with Crippen molar-refractivity contribution in [3.63, 3.8) is 0 Å². The van der Waals surface area contributed by atoms with Crippen LogP contribution in [-0.2, 0) is 6.42 Å². The molecule has 3 aromatic rings. The third-order valence-electron chi connectivity index (χ3n) is 4.91. The molecule has 0 fully saturated rings. The van der Waals surface area contributed by atoms with Crippen LogP contribution in [-0.4, -0.2) is 24.7 Å².